The van der Waals surface area contributed by atoms with Crippen LogP contribution in [0.15, 0.2) is 51.3 Å². The molecule has 0 unspecified atom stereocenters. The van der Waals surface area contributed by atoms with E-state index in [2.05, 4.69) is 36.8 Å². The Morgan fingerprint density at radius 3 is 2.93 bits per heavy atom. The van der Waals surface area contributed by atoms with Gasteiger partial charge >= 0.3 is 0 Å². The van der Waals surface area contributed by atoms with Crippen LogP contribution >= 0.6 is 50.6 Å². The minimum atomic E-state index is -0.165. The number of aromatic nitrogens is 2. The third kappa shape index (κ3) is 5.83. The highest BCUT2D eigenvalue weighted by atomic mass is 79.9. The van der Waals surface area contributed by atoms with Crippen LogP contribution < -0.4 is 15.4 Å². The van der Waals surface area contributed by atoms with E-state index in [0.717, 1.165) is 15.9 Å². The van der Waals surface area contributed by atoms with Gasteiger partial charge in [0.05, 0.1) is 23.6 Å². The SMILES string of the molecule is COc1cccc(Nc2nnc(SCC(=O)Nc3ccc(Br)cc3Cl)s2)c1. The number of nitrogens with zero attached hydrogens (tertiary/aromatic N) is 2. The molecule has 0 saturated carbocycles. The molecule has 0 aliphatic rings. The van der Waals surface area contributed by atoms with Crippen LogP contribution in [0.1, 0.15) is 0 Å². The largest absolute Gasteiger partial charge is 0.497 e. The third-order valence-corrected chi connectivity index (χ3v) is 6.04. The Morgan fingerprint density at radius 1 is 1.30 bits per heavy atom. The highest BCUT2D eigenvalue weighted by Gasteiger charge is 2.10. The normalized spacial score (nSPS) is 10.5. The lowest BCUT2D eigenvalue weighted by Crippen LogP contribution is -2.14. The van der Waals surface area contributed by atoms with Crippen LogP contribution in [0.25, 0.3) is 0 Å². The maximum atomic E-state index is 12.1. The van der Waals surface area contributed by atoms with Crippen LogP contribution in [0, 0.1) is 0 Å². The summed E-state index contributed by atoms with van der Waals surface area (Å²) in [7, 11) is 1.62. The number of hydrogen-bond acceptors (Lipinski definition) is 7. The van der Waals surface area contributed by atoms with Gasteiger partial charge in [-0.2, -0.15) is 0 Å². The Hall–Kier alpha value is -1.81. The fourth-order valence-corrected chi connectivity index (χ4v) is 4.34. The maximum Gasteiger partial charge on any atom is 0.234 e. The van der Waals surface area contributed by atoms with Gasteiger partial charge in [0.2, 0.25) is 11.0 Å². The van der Waals surface area contributed by atoms with Crippen molar-refractivity contribution < 1.29 is 9.53 Å². The van der Waals surface area contributed by atoms with Crippen LogP contribution in [-0.4, -0.2) is 29.0 Å². The predicted octanol–water partition coefficient (Wildman–Crippen LogP) is 5.44. The number of carbonyl (C=O) groups excluding carboxylic acids is 1. The minimum absolute atomic E-state index is 0.165. The van der Waals surface area contributed by atoms with Crippen molar-refractivity contribution in [2.45, 2.75) is 4.34 Å². The monoisotopic (exact) mass is 484 g/mol. The fraction of sp³-hybridized carbons (Fsp3) is 0.118. The van der Waals surface area contributed by atoms with Crippen LogP contribution in [0.5, 0.6) is 5.75 Å². The molecule has 3 rings (SSSR count). The van der Waals surface area contributed by atoms with E-state index < -0.39 is 0 Å². The smallest absolute Gasteiger partial charge is 0.234 e. The average molecular weight is 486 g/mol. The summed E-state index contributed by atoms with van der Waals surface area (Å²) in [4.78, 5) is 12.1. The number of ether oxygens (including phenoxy) is 1. The van der Waals surface area contributed by atoms with Crippen LogP contribution in [0.2, 0.25) is 5.02 Å². The van der Waals surface area contributed by atoms with Gasteiger partial charge in [-0.3, -0.25) is 4.79 Å². The molecule has 1 aromatic heterocycles. The topological polar surface area (TPSA) is 76.1 Å². The zero-order valence-corrected chi connectivity index (χ0v) is 18.0. The average Bonchev–Trinajstić information content (AvgIpc) is 3.10. The lowest BCUT2D eigenvalue weighted by Gasteiger charge is -2.06. The molecule has 140 valence electrons. The Morgan fingerprint density at radius 2 is 2.15 bits per heavy atom. The summed E-state index contributed by atoms with van der Waals surface area (Å²) in [6.07, 6.45) is 0. The molecule has 3 aromatic rings. The molecule has 0 bridgehead atoms. The van der Waals surface area contributed by atoms with Gasteiger partial charge in [0, 0.05) is 16.2 Å². The number of nitrogens with one attached hydrogen (secondary N) is 2. The van der Waals surface area contributed by atoms with Gasteiger partial charge in [0.25, 0.3) is 0 Å². The number of rotatable bonds is 7. The van der Waals surface area contributed by atoms with Crippen LogP contribution in [0.3, 0.4) is 0 Å². The first-order chi connectivity index (χ1) is 13.0. The first kappa shape index (κ1) is 19.9. The molecule has 0 spiro atoms. The van der Waals surface area contributed by atoms with Gasteiger partial charge < -0.3 is 15.4 Å². The van der Waals surface area contributed by atoms with Gasteiger partial charge in [0.1, 0.15) is 5.75 Å². The molecular formula is C17H14BrClN4O2S2. The molecule has 0 saturated heterocycles. The van der Waals surface area contributed by atoms with Gasteiger partial charge in [-0.25, -0.2) is 0 Å². The summed E-state index contributed by atoms with van der Waals surface area (Å²) in [5.41, 5.74) is 1.42. The number of halogens is 2. The van der Waals surface area contributed by atoms with E-state index in [4.69, 9.17) is 16.3 Å². The zero-order chi connectivity index (χ0) is 19.2. The number of benzene rings is 2. The van der Waals surface area contributed by atoms with E-state index in [1.54, 1.807) is 19.2 Å². The number of thioether (sulfide) groups is 1. The number of methoxy groups -OCH3 is 1. The number of anilines is 3. The maximum absolute atomic E-state index is 12.1. The highest BCUT2D eigenvalue weighted by Crippen LogP contribution is 2.29. The van der Waals surface area contributed by atoms with E-state index in [9.17, 15) is 4.79 Å². The second-order valence-electron chi connectivity index (χ2n) is 5.19. The second kappa shape index (κ2) is 9.41. The highest BCUT2D eigenvalue weighted by molar-refractivity contribution is 9.10. The van der Waals surface area contributed by atoms with E-state index in [-0.39, 0.29) is 11.7 Å². The van der Waals surface area contributed by atoms with Crippen molar-refractivity contribution in [1.82, 2.24) is 10.2 Å². The molecule has 0 aliphatic carbocycles. The second-order valence-corrected chi connectivity index (χ2v) is 8.71. The lowest BCUT2D eigenvalue weighted by atomic mass is 10.3. The molecule has 0 aliphatic heterocycles. The fourth-order valence-electron chi connectivity index (χ4n) is 2.05. The number of hydrogen-bond donors (Lipinski definition) is 2. The lowest BCUT2D eigenvalue weighted by molar-refractivity contribution is -0.113. The van der Waals surface area contributed by atoms with Crippen molar-refractivity contribution in [3.05, 3.63) is 52.0 Å². The Bertz CT molecular complexity index is 954. The van der Waals surface area contributed by atoms with E-state index in [1.165, 1.54) is 23.1 Å². The summed E-state index contributed by atoms with van der Waals surface area (Å²) in [6.45, 7) is 0. The van der Waals surface area contributed by atoms with Crippen molar-refractivity contribution in [3.8, 4) is 5.75 Å². The van der Waals surface area contributed by atoms with Crippen molar-refractivity contribution in [3.63, 3.8) is 0 Å². The van der Waals surface area contributed by atoms with Crippen LogP contribution in [0.4, 0.5) is 16.5 Å². The predicted molar refractivity (Wildman–Crippen MR) is 115 cm³/mol. The summed E-state index contributed by atoms with van der Waals surface area (Å²) in [6, 6.07) is 12.8. The van der Waals surface area contributed by atoms with Gasteiger partial charge in [-0.1, -0.05) is 56.7 Å². The van der Waals surface area contributed by atoms with Gasteiger partial charge in [0.15, 0.2) is 4.34 Å². The quantitative estimate of drug-likeness (QED) is 0.434. The Kier molecular flexibility index (Phi) is 6.95. The molecule has 0 radical (unpaired) electrons. The van der Waals surface area contributed by atoms with E-state index >= 15 is 0 Å². The van der Waals surface area contributed by atoms with Crippen molar-refractivity contribution in [1.29, 1.82) is 0 Å². The van der Waals surface area contributed by atoms with Crippen molar-refractivity contribution >= 4 is 73.0 Å². The van der Waals surface area contributed by atoms with Gasteiger partial charge in [-0.15, -0.1) is 10.2 Å². The molecule has 1 amide bonds. The molecule has 0 fully saturated rings. The zero-order valence-electron chi connectivity index (χ0n) is 14.0. The number of amides is 1. The van der Waals surface area contributed by atoms with Crippen LogP contribution in [-0.2, 0) is 4.79 Å². The van der Waals surface area contributed by atoms with Gasteiger partial charge in [-0.05, 0) is 30.3 Å². The molecule has 10 heteroatoms. The molecule has 0 atom stereocenters. The Labute approximate surface area is 177 Å². The summed E-state index contributed by atoms with van der Waals surface area (Å²) in [5.74, 6) is 0.796. The molecule has 2 aromatic carbocycles. The standard InChI is InChI=1S/C17H14BrClN4O2S2/c1-25-12-4-2-3-11(8-12)20-16-22-23-17(27-16)26-9-15(24)21-14-6-5-10(18)7-13(14)19/h2-8H,9H2,1H3,(H,20,22)(H,21,24). The third-order valence-electron chi connectivity index (χ3n) is 3.26. The molecule has 27 heavy (non-hydrogen) atoms. The minimum Gasteiger partial charge on any atom is -0.497 e. The summed E-state index contributed by atoms with van der Waals surface area (Å²) >= 11 is 12.1. The first-order valence-corrected chi connectivity index (χ1v) is 10.6. The van der Waals surface area contributed by atoms with E-state index in [0.29, 0.717) is 20.2 Å². The molecule has 2 N–H and O–H groups in total. The van der Waals surface area contributed by atoms with Crippen molar-refractivity contribution in [2.75, 3.05) is 23.5 Å². The molecular weight excluding hydrogens is 472 g/mol. The van der Waals surface area contributed by atoms with E-state index in [1.807, 2.05) is 30.3 Å². The first-order valence-electron chi connectivity index (χ1n) is 7.66. The van der Waals surface area contributed by atoms with Crippen molar-refractivity contribution in [2.24, 2.45) is 0 Å². The summed E-state index contributed by atoms with van der Waals surface area (Å²) in [5, 5.41) is 15.2. The summed E-state index contributed by atoms with van der Waals surface area (Å²) < 4.78 is 6.74. The number of carbonyl (C=O) groups is 1. The molecule has 1 heterocycles. The Balaban J connectivity index is 1.53. The molecule has 6 nitrogen and oxygen atoms in total.